The van der Waals surface area contributed by atoms with Crippen molar-refractivity contribution in [2.24, 2.45) is 0 Å². The number of benzene rings is 3. The van der Waals surface area contributed by atoms with Crippen LogP contribution in [0.1, 0.15) is 24.5 Å². The average molecular weight is 453 g/mol. The fourth-order valence-electron chi connectivity index (χ4n) is 3.56. The number of nitrogens with zero attached hydrogens (tertiary/aromatic N) is 1. The molecule has 0 bridgehead atoms. The van der Waals surface area contributed by atoms with E-state index in [4.69, 9.17) is 0 Å². The van der Waals surface area contributed by atoms with E-state index in [2.05, 4.69) is 16.9 Å². The van der Waals surface area contributed by atoms with Crippen LogP contribution in [0.4, 0.5) is 11.4 Å². The Hall–Kier alpha value is -2.77. The van der Waals surface area contributed by atoms with Gasteiger partial charge in [0.1, 0.15) is 0 Å². The normalized spacial score (nSPS) is 13.1. The van der Waals surface area contributed by atoms with Crippen molar-refractivity contribution >= 4 is 39.1 Å². The Kier molecular flexibility index (Phi) is 6.34. The first-order chi connectivity index (χ1) is 15.0. The average Bonchev–Trinajstić information content (AvgIpc) is 3.22. The van der Waals surface area contributed by atoms with Gasteiger partial charge in [-0.05, 0) is 60.0 Å². The van der Waals surface area contributed by atoms with Gasteiger partial charge in [-0.3, -0.25) is 9.52 Å². The standard InChI is InChI=1S/C24H24N2O3S2/c1-2-24(27)26-15-14-19-16-22(12-13-23(19)26)31(28,29)25-20-10-8-18(9-11-20)17-30-21-6-4-3-5-7-21/h3-13,16,25H,2,14-15,17H2,1H3. The second-order valence-corrected chi connectivity index (χ2v) is 10.1. The summed E-state index contributed by atoms with van der Waals surface area (Å²) in [7, 11) is -3.70. The third-order valence-corrected chi connectivity index (χ3v) is 7.68. The van der Waals surface area contributed by atoms with Gasteiger partial charge in [0.25, 0.3) is 10.0 Å². The topological polar surface area (TPSA) is 66.5 Å². The number of thioether (sulfide) groups is 1. The van der Waals surface area contributed by atoms with Crippen molar-refractivity contribution in [3.05, 3.63) is 83.9 Å². The number of hydrogen-bond acceptors (Lipinski definition) is 4. The lowest BCUT2D eigenvalue weighted by atomic mass is 10.2. The van der Waals surface area contributed by atoms with Crippen LogP contribution in [0.25, 0.3) is 0 Å². The number of sulfonamides is 1. The summed E-state index contributed by atoms with van der Waals surface area (Å²) in [6, 6.07) is 22.6. The van der Waals surface area contributed by atoms with Crippen LogP contribution in [0.2, 0.25) is 0 Å². The van der Waals surface area contributed by atoms with Crippen molar-refractivity contribution < 1.29 is 13.2 Å². The second-order valence-electron chi connectivity index (χ2n) is 7.34. The third-order valence-electron chi connectivity index (χ3n) is 5.22. The molecule has 3 aromatic carbocycles. The summed E-state index contributed by atoms with van der Waals surface area (Å²) in [5.41, 5.74) is 3.34. The molecule has 0 fully saturated rings. The summed E-state index contributed by atoms with van der Waals surface area (Å²) in [5.74, 6) is 0.868. The number of rotatable bonds is 7. The molecule has 0 atom stereocenters. The van der Waals surface area contributed by atoms with E-state index in [0.717, 1.165) is 22.6 Å². The van der Waals surface area contributed by atoms with E-state index in [1.165, 1.54) is 4.90 Å². The number of carbonyl (C=O) groups excluding carboxylic acids is 1. The van der Waals surface area contributed by atoms with E-state index in [-0.39, 0.29) is 10.8 Å². The van der Waals surface area contributed by atoms with E-state index in [1.54, 1.807) is 47.0 Å². The fourth-order valence-corrected chi connectivity index (χ4v) is 5.55. The molecular formula is C24H24N2O3S2. The van der Waals surface area contributed by atoms with Crippen LogP contribution in [0.15, 0.2) is 82.6 Å². The fraction of sp³-hybridized carbons (Fsp3) is 0.208. The molecule has 1 heterocycles. The Bertz CT molecular complexity index is 1180. The summed E-state index contributed by atoms with van der Waals surface area (Å²) in [6.45, 7) is 2.43. The number of anilines is 2. The van der Waals surface area contributed by atoms with Crippen LogP contribution >= 0.6 is 11.8 Å². The molecule has 5 nitrogen and oxygen atoms in total. The van der Waals surface area contributed by atoms with Gasteiger partial charge in [-0.25, -0.2) is 8.42 Å². The van der Waals surface area contributed by atoms with E-state index < -0.39 is 10.0 Å². The number of fused-ring (bicyclic) bond motifs is 1. The molecule has 1 aliphatic rings. The highest BCUT2D eigenvalue weighted by molar-refractivity contribution is 7.98. The molecular weight excluding hydrogens is 428 g/mol. The lowest BCUT2D eigenvalue weighted by Crippen LogP contribution is -2.27. The molecule has 0 radical (unpaired) electrons. The largest absolute Gasteiger partial charge is 0.312 e. The molecule has 0 spiro atoms. The van der Waals surface area contributed by atoms with E-state index in [1.807, 2.05) is 37.3 Å². The van der Waals surface area contributed by atoms with Gasteiger partial charge in [0.15, 0.2) is 0 Å². The first-order valence-corrected chi connectivity index (χ1v) is 12.7. The highest BCUT2D eigenvalue weighted by atomic mass is 32.2. The first-order valence-electron chi connectivity index (χ1n) is 10.2. The lowest BCUT2D eigenvalue weighted by Gasteiger charge is -2.16. The Morgan fingerprint density at radius 1 is 1.03 bits per heavy atom. The molecule has 31 heavy (non-hydrogen) atoms. The van der Waals surface area contributed by atoms with Gasteiger partial charge in [-0.1, -0.05) is 37.3 Å². The maximum atomic E-state index is 12.9. The van der Waals surface area contributed by atoms with Gasteiger partial charge in [0.2, 0.25) is 5.91 Å². The minimum Gasteiger partial charge on any atom is -0.312 e. The SMILES string of the molecule is CCC(=O)N1CCc2cc(S(=O)(=O)Nc3ccc(CSc4ccccc4)cc3)ccc21. The minimum atomic E-state index is -3.70. The summed E-state index contributed by atoms with van der Waals surface area (Å²) in [4.78, 5) is 15.2. The van der Waals surface area contributed by atoms with E-state index >= 15 is 0 Å². The molecule has 1 aliphatic heterocycles. The molecule has 3 aromatic rings. The van der Waals surface area contributed by atoms with Crippen LogP contribution in [0.3, 0.4) is 0 Å². The monoisotopic (exact) mass is 452 g/mol. The molecule has 7 heteroatoms. The summed E-state index contributed by atoms with van der Waals surface area (Å²) in [5, 5.41) is 0. The molecule has 0 unspecified atom stereocenters. The van der Waals surface area contributed by atoms with Crippen molar-refractivity contribution in [2.45, 2.75) is 35.3 Å². The van der Waals surface area contributed by atoms with Crippen LogP contribution < -0.4 is 9.62 Å². The number of nitrogens with one attached hydrogen (secondary N) is 1. The summed E-state index contributed by atoms with van der Waals surface area (Å²) < 4.78 is 28.4. The molecule has 0 aromatic heterocycles. The van der Waals surface area contributed by atoms with Gasteiger partial charge < -0.3 is 4.90 Å². The molecule has 0 saturated heterocycles. The van der Waals surface area contributed by atoms with E-state index in [0.29, 0.717) is 25.1 Å². The zero-order valence-corrected chi connectivity index (χ0v) is 18.9. The van der Waals surface area contributed by atoms with E-state index in [9.17, 15) is 13.2 Å². The second kappa shape index (κ2) is 9.16. The quantitative estimate of drug-likeness (QED) is 0.508. The third kappa shape index (κ3) is 4.94. The van der Waals surface area contributed by atoms with Crippen LogP contribution in [-0.4, -0.2) is 20.9 Å². The predicted octanol–water partition coefficient (Wildman–Crippen LogP) is 5.08. The van der Waals surface area contributed by atoms with Gasteiger partial charge in [0, 0.05) is 35.0 Å². The number of amides is 1. The van der Waals surface area contributed by atoms with Crippen molar-refractivity contribution in [3.63, 3.8) is 0 Å². The smallest absolute Gasteiger partial charge is 0.261 e. The van der Waals surface area contributed by atoms with Gasteiger partial charge >= 0.3 is 0 Å². The zero-order valence-electron chi connectivity index (χ0n) is 17.2. The van der Waals surface area contributed by atoms with Crippen molar-refractivity contribution in [1.29, 1.82) is 0 Å². The van der Waals surface area contributed by atoms with Crippen LogP contribution in [0, 0.1) is 0 Å². The first kappa shape index (κ1) is 21.5. The van der Waals surface area contributed by atoms with Gasteiger partial charge in [0.05, 0.1) is 4.90 Å². The molecule has 0 saturated carbocycles. The number of carbonyl (C=O) groups is 1. The van der Waals surface area contributed by atoms with Crippen molar-refractivity contribution in [3.8, 4) is 0 Å². The van der Waals surface area contributed by atoms with Crippen LogP contribution in [-0.2, 0) is 27.0 Å². The van der Waals surface area contributed by atoms with Gasteiger partial charge in [-0.2, -0.15) is 0 Å². The minimum absolute atomic E-state index is 0.0537. The Morgan fingerprint density at radius 2 is 1.77 bits per heavy atom. The maximum absolute atomic E-state index is 12.9. The van der Waals surface area contributed by atoms with Crippen LogP contribution in [0.5, 0.6) is 0 Å². The van der Waals surface area contributed by atoms with Crippen molar-refractivity contribution in [1.82, 2.24) is 0 Å². The zero-order chi connectivity index (χ0) is 21.8. The Labute approximate surface area is 187 Å². The molecule has 0 aliphatic carbocycles. The lowest BCUT2D eigenvalue weighted by molar-refractivity contribution is -0.118. The summed E-state index contributed by atoms with van der Waals surface area (Å²) >= 11 is 1.74. The maximum Gasteiger partial charge on any atom is 0.261 e. The highest BCUT2D eigenvalue weighted by Gasteiger charge is 2.25. The van der Waals surface area contributed by atoms with Crippen molar-refractivity contribution in [2.75, 3.05) is 16.2 Å². The number of hydrogen-bond donors (Lipinski definition) is 1. The Morgan fingerprint density at radius 3 is 2.48 bits per heavy atom. The molecule has 1 N–H and O–H groups in total. The molecule has 160 valence electrons. The molecule has 4 rings (SSSR count). The summed E-state index contributed by atoms with van der Waals surface area (Å²) in [6.07, 6.45) is 1.10. The Balaban J connectivity index is 1.43. The predicted molar refractivity (Wildman–Crippen MR) is 126 cm³/mol. The highest BCUT2D eigenvalue weighted by Crippen LogP contribution is 2.31. The van der Waals surface area contributed by atoms with Gasteiger partial charge in [-0.15, -0.1) is 11.8 Å². The molecule has 1 amide bonds.